The number of nitrogens with zero attached hydrogens (tertiary/aromatic N) is 1. The topological polar surface area (TPSA) is 72.2 Å². The summed E-state index contributed by atoms with van der Waals surface area (Å²) in [6, 6.07) is 14.4. The van der Waals surface area contributed by atoms with Crippen LogP contribution in [0, 0.1) is 17.0 Å². The zero-order chi connectivity index (χ0) is 16.4. The summed E-state index contributed by atoms with van der Waals surface area (Å²) in [5, 5.41) is 13.7. The van der Waals surface area contributed by atoms with Crippen LogP contribution in [0.2, 0.25) is 0 Å². The highest BCUT2D eigenvalue weighted by atomic mass is 16.6. The Morgan fingerprint density at radius 2 is 1.91 bits per heavy atom. The zero-order valence-corrected chi connectivity index (χ0v) is 12.7. The van der Waals surface area contributed by atoms with Gasteiger partial charge in [-0.25, -0.2) is 0 Å². The molecule has 0 aromatic heterocycles. The third-order valence-corrected chi connectivity index (χ3v) is 3.92. The Balaban J connectivity index is 1.97. The summed E-state index contributed by atoms with van der Waals surface area (Å²) in [6.45, 7) is 2.02. The Morgan fingerprint density at radius 1 is 1.17 bits per heavy atom. The van der Waals surface area contributed by atoms with Crippen LogP contribution >= 0.6 is 0 Å². The number of nitro benzene ring substituents is 1. The molecule has 0 saturated carbocycles. The van der Waals surface area contributed by atoms with Gasteiger partial charge in [0.05, 0.1) is 4.92 Å². The second kappa shape index (κ2) is 6.04. The van der Waals surface area contributed by atoms with Crippen LogP contribution in [0.25, 0.3) is 5.70 Å². The number of hydrogen-bond donors (Lipinski definition) is 1. The summed E-state index contributed by atoms with van der Waals surface area (Å²) in [5.74, 6) is -0.113. The predicted octanol–water partition coefficient (Wildman–Crippen LogP) is 3.55. The van der Waals surface area contributed by atoms with Gasteiger partial charge in [0, 0.05) is 35.7 Å². The van der Waals surface area contributed by atoms with Gasteiger partial charge in [-0.2, -0.15) is 0 Å². The smallest absolute Gasteiger partial charge is 0.270 e. The molecule has 1 amide bonds. The van der Waals surface area contributed by atoms with Crippen LogP contribution in [0.4, 0.5) is 5.69 Å². The molecule has 0 fully saturated rings. The number of non-ortho nitro benzene ring substituents is 1. The first-order valence-corrected chi connectivity index (χ1v) is 7.36. The van der Waals surface area contributed by atoms with Gasteiger partial charge in [0.1, 0.15) is 0 Å². The van der Waals surface area contributed by atoms with E-state index in [2.05, 4.69) is 5.32 Å². The molecule has 0 radical (unpaired) electrons. The second-order valence-electron chi connectivity index (χ2n) is 5.66. The van der Waals surface area contributed by atoms with Gasteiger partial charge in [0.25, 0.3) is 5.69 Å². The van der Waals surface area contributed by atoms with Crippen LogP contribution < -0.4 is 5.32 Å². The first-order valence-electron chi connectivity index (χ1n) is 7.36. The Hall–Kier alpha value is -2.95. The number of carbonyl (C=O) groups excluding carboxylic acids is 1. The van der Waals surface area contributed by atoms with Gasteiger partial charge in [-0.1, -0.05) is 48.0 Å². The Labute approximate surface area is 133 Å². The molecule has 0 aliphatic carbocycles. The number of rotatable bonds is 3. The fourth-order valence-electron chi connectivity index (χ4n) is 2.69. The zero-order valence-electron chi connectivity index (χ0n) is 12.7. The molecule has 5 nitrogen and oxygen atoms in total. The minimum Gasteiger partial charge on any atom is -0.326 e. The molecule has 23 heavy (non-hydrogen) atoms. The first-order chi connectivity index (χ1) is 11.0. The highest BCUT2D eigenvalue weighted by Crippen LogP contribution is 2.30. The van der Waals surface area contributed by atoms with Crippen LogP contribution in [0.3, 0.4) is 0 Å². The van der Waals surface area contributed by atoms with Gasteiger partial charge in [-0.3, -0.25) is 14.9 Å². The SMILES string of the molecule is Cc1ccc(C2C=C(c3cccc([N+](=O)[O-])c3)NC(=O)C2)cc1. The minimum atomic E-state index is -0.438. The van der Waals surface area contributed by atoms with Gasteiger partial charge in [0.15, 0.2) is 0 Å². The van der Waals surface area contributed by atoms with E-state index in [4.69, 9.17) is 0 Å². The third-order valence-electron chi connectivity index (χ3n) is 3.92. The van der Waals surface area contributed by atoms with Crippen LogP contribution in [0.5, 0.6) is 0 Å². The summed E-state index contributed by atoms with van der Waals surface area (Å²) in [4.78, 5) is 22.5. The molecule has 2 aromatic rings. The lowest BCUT2D eigenvalue weighted by molar-refractivity contribution is -0.384. The highest BCUT2D eigenvalue weighted by Gasteiger charge is 2.22. The molecule has 3 rings (SSSR count). The van der Waals surface area contributed by atoms with Gasteiger partial charge in [-0.15, -0.1) is 0 Å². The number of allylic oxidation sites excluding steroid dienone is 1. The Bertz CT molecular complexity index is 794. The Kier molecular flexibility index (Phi) is 3.93. The number of aryl methyl sites for hydroxylation is 1. The maximum atomic E-state index is 12.0. The van der Waals surface area contributed by atoms with E-state index in [1.807, 2.05) is 37.3 Å². The van der Waals surface area contributed by atoms with E-state index in [0.717, 1.165) is 11.1 Å². The monoisotopic (exact) mass is 308 g/mol. The summed E-state index contributed by atoms with van der Waals surface area (Å²) in [5.41, 5.74) is 3.50. The van der Waals surface area contributed by atoms with Crippen LogP contribution in [-0.4, -0.2) is 10.8 Å². The summed E-state index contributed by atoms with van der Waals surface area (Å²) >= 11 is 0. The Morgan fingerprint density at radius 3 is 2.61 bits per heavy atom. The van der Waals surface area contributed by atoms with E-state index in [0.29, 0.717) is 17.7 Å². The molecule has 116 valence electrons. The van der Waals surface area contributed by atoms with E-state index in [9.17, 15) is 14.9 Å². The summed E-state index contributed by atoms with van der Waals surface area (Å²) in [7, 11) is 0. The molecular weight excluding hydrogens is 292 g/mol. The standard InChI is InChI=1S/C18H16N2O3/c1-12-5-7-13(8-6-12)15-10-17(19-18(21)11-15)14-3-2-4-16(9-14)20(22)23/h2-10,15H,11H2,1H3,(H,19,21). The van der Waals surface area contributed by atoms with Crippen molar-refractivity contribution in [2.24, 2.45) is 0 Å². The largest absolute Gasteiger partial charge is 0.326 e. The van der Waals surface area contributed by atoms with Gasteiger partial charge < -0.3 is 5.32 Å². The van der Waals surface area contributed by atoms with Crippen LogP contribution in [0.1, 0.15) is 29.0 Å². The van der Waals surface area contributed by atoms with Crippen molar-refractivity contribution in [1.82, 2.24) is 5.32 Å². The normalized spacial score (nSPS) is 17.3. The van der Waals surface area contributed by atoms with Crippen LogP contribution in [-0.2, 0) is 4.79 Å². The van der Waals surface area contributed by atoms with Crippen molar-refractivity contribution in [3.63, 3.8) is 0 Å². The molecule has 0 saturated heterocycles. The molecule has 1 unspecified atom stereocenters. The van der Waals surface area contributed by atoms with E-state index < -0.39 is 4.92 Å². The van der Waals surface area contributed by atoms with E-state index in [1.165, 1.54) is 12.1 Å². The van der Waals surface area contributed by atoms with Crippen LogP contribution in [0.15, 0.2) is 54.6 Å². The first kappa shape index (κ1) is 15.0. The molecule has 2 aromatic carbocycles. The highest BCUT2D eigenvalue weighted by molar-refractivity contribution is 5.90. The van der Waals surface area contributed by atoms with E-state index >= 15 is 0 Å². The number of nitro groups is 1. The number of hydrogen-bond acceptors (Lipinski definition) is 3. The van der Waals surface area contributed by atoms with Gasteiger partial charge in [0.2, 0.25) is 5.91 Å². The minimum absolute atomic E-state index is 0.00936. The summed E-state index contributed by atoms with van der Waals surface area (Å²) in [6.07, 6.45) is 2.34. The predicted molar refractivity (Wildman–Crippen MR) is 87.8 cm³/mol. The van der Waals surface area contributed by atoms with E-state index in [1.54, 1.807) is 12.1 Å². The molecule has 5 heteroatoms. The maximum absolute atomic E-state index is 12.0. The molecule has 0 bridgehead atoms. The number of nitrogens with one attached hydrogen (secondary N) is 1. The summed E-state index contributed by atoms with van der Waals surface area (Å²) < 4.78 is 0. The lowest BCUT2D eigenvalue weighted by Crippen LogP contribution is -2.28. The van der Waals surface area contributed by atoms with Crippen molar-refractivity contribution in [3.8, 4) is 0 Å². The van der Waals surface area contributed by atoms with Crippen molar-refractivity contribution in [3.05, 3.63) is 81.4 Å². The fraction of sp³-hybridized carbons (Fsp3) is 0.167. The van der Waals surface area contributed by atoms with Crippen molar-refractivity contribution < 1.29 is 9.72 Å². The molecule has 1 aliphatic rings. The average molecular weight is 308 g/mol. The van der Waals surface area contributed by atoms with Crippen molar-refractivity contribution in [1.29, 1.82) is 0 Å². The molecule has 1 N–H and O–H groups in total. The van der Waals surface area contributed by atoms with Crippen molar-refractivity contribution >= 4 is 17.3 Å². The van der Waals surface area contributed by atoms with Crippen molar-refractivity contribution in [2.75, 3.05) is 0 Å². The lowest BCUT2D eigenvalue weighted by atomic mass is 9.90. The molecule has 1 heterocycles. The van der Waals surface area contributed by atoms with E-state index in [-0.39, 0.29) is 17.5 Å². The van der Waals surface area contributed by atoms with Gasteiger partial charge in [-0.05, 0) is 12.5 Å². The molecule has 1 aliphatic heterocycles. The quantitative estimate of drug-likeness (QED) is 0.696. The van der Waals surface area contributed by atoms with Gasteiger partial charge >= 0.3 is 0 Å². The lowest BCUT2D eigenvalue weighted by Gasteiger charge is -2.22. The average Bonchev–Trinajstić information content (AvgIpc) is 2.55. The second-order valence-corrected chi connectivity index (χ2v) is 5.66. The number of amides is 1. The number of carbonyl (C=O) groups is 1. The number of benzene rings is 2. The molecular formula is C18H16N2O3. The molecule has 1 atom stereocenters. The van der Waals surface area contributed by atoms with Crippen molar-refractivity contribution in [2.45, 2.75) is 19.3 Å². The maximum Gasteiger partial charge on any atom is 0.270 e. The molecule has 0 spiro atoms. The fourth-order valence-corrected chi connectivity index (χ4v) is 2.69. The third kappa shape index (κ3) is 3.29.